The molecule has 0 saturated carbocycles. The minimum absolute atomic E-state index is 0.145. The summed E-state index contributed by atoms with van der Waals surface area (Å²) in [6.45, 7) is 5.66. The van der Waals surface area contributed by atoms with Crippen LogP contribution in [0, 0.1) is 17.1 Å². The summed E-state index contributed by atoms with van der Waals surface area (Å²) in [6, 6.07) is 18.0. The Labute approximate surface area is 241 Å². The number of hydrogen-bond donors (Lipinski definition) is 1. The maximum atomic E-state index is 13.1. The molecule has 208 valence electrons. The standard InChI is InChI=1S/C31H26FN3O5S/c1-3-7-21-14-20(15-26(39-4-2)29(21)40-19-23-9-6-5-8-22(23)17-33)16-27-30(37)35(31(38)41-27)18-28(36)34-25-12-10-24(32)11-13-25/h3,5-6,8-16H,1,4,7,18-19H2,2H3,(H,34,36)/b27-16-. The largest absolute Gasteiger partial charge is 0.490 e. The van der Waals surface area contributed by atoms with Crippen LogP contribution in [0.25, 0.3) is 6.08 Å². The molecule has 1 heterocycles. The van der Waals surface area contributed by atoms with Crippen molar-refractivity contribution in [3.05, 3.63) is 106 Å². The summed E-state index contributed by atoms with van der Waals surface area (Å²) in [5.74, 6) is -0.725. The number of nitriles is 1. The van der Waals surface area contributed by atoms with E-state index in [1.807, 2.05) is 25.1 Å². The highest BCUT2D eigenvalue weighted by atomic mass is 32.2. The van der Waals surface area contributed by atoms with Crippen LogP contribution in [-0.4, -0.2) is 35.1 Å². The topological polar surface area (TPSA) is 109 Å². The van der Waals surface area contributed by atoms with Crippen LogP contribution >= 0.6 is 11.8 Å². The van der Waals surface area contributed by atoms with Crippen LogP contribution in [-0.2, 0) is 22.6 Å². The molecule has 3 aromatic rings. The quantitative estimate of drug-likeness (QED) is 0.220. The lowest BCUT2D eigenvalue weighted by atomic mass is 10.0. The molecule has 1 fully saturated rings. The van der Waals surface area contributed by atoms with E-state index in [1.165, 1.54) is 24.3 Å². The van der Waals surface area contributed by atoms with Crippen molar-refractivity contribution < 1.29 is 28.2 Å². The minimum Gasteiger partial charge on any atom is -0.490 e. The highest BCUT2D eigenvalue weighted by Crippen LogP contribution is 2.38. The molecule has 3 amide bonds. The molecule has 10 heteroatoms. The van der Waals surface area contributed by atoms with Gasteiger partial charge in [0.15, 0.2) is 11.5 Å². The van der Waals surface area contributed by atoms with Crippen molar-refractivity contribution in [2.24, 2.45) is 0 Å². The lowest BCUT2D eigenvalue weighted by Crippen LogP contribution is -2.36. The van der Waals surface area contributed by atoms with Crippen LogP contribution in [0.2, 0.25) is 0 Å². The van der Waals surface area contributed by atoms with Crippen molar-refractivity contribution in [2.75, 3.05) is 18.5 Å². The molecule has 0 spiro atoms. The molecule has 0 bridgehead atoms. The molecule has 0 radical (unpaired) electrons. The first-order chi connectivity index (χ1) is 19.8. The number of imide groups is 1. The van der Waals surface area contributed by atoms with Crippen LogP contribution in [0.15, 0.2) is 78.2 Å². The molecule has 1 aliphatic heterocycles. The third kappa shape index (κ3) is 7.21. The van der Waals surface area contributed by atoms with Crippen LogP contribution in [0.4, 0.5) is 14.9 Å². The minimum atomic E-state index is -0.606. The SMILES string of the molecule is C=CCc1cc(/C=C2\SC(=O)N(CC(=O)Nc3ccc(F)cc3)C2=O)cc(OCC)c1OCc1ccccc1C#N. The van der Waals surface area contributed by atoms with Gasteiger partial charge in [0.1, 0.15) is 19.0 Å². The maximum Gasteiger partial charge on any atom is 0.294 e. The Kier molecular flexibility index (Phi) is 9.55. The van der Waals surface area contributed by atoms with E-state index in [4.69, 9.17) is 9.47 Å². The van der Waals surface area contributed by atoms with E-state index in [0.717, 1.165) is 27.8 Å². The van der Waals surface area contributed by atoms with E-state index in [1.54, 1.807) is 30.4 Å². The Morgan fingerprint density at radius 2 is 1.88 bits per heavy atom. The van der Waals surface area contributed by atoms with Crippen LogP contribution < -0.4 is 14.8 Å². The number of nitrogens with one attached hydrogen (secondary N) is 1. The van der Waals surface area contributed by atoms with Crippen LogP contribution in [0.1, 0.15) is 29.2 Å². The molecule has 1 saturated heterocycles. The first-order valence-electron chi connectivity index (χ1n) is 12.6. The number of halogens is 1. The number of anilines is 1. The lowest BCUT2D eigenvalue weighted by Gasteiger charge is -2.17. The molecule has 0 atom stereocenters. The Hall–Kier alpha value is -4.88. The van der Waals surface area contributed by atoms with Crippen LogP contribution in [0.3, 0.4) is 0 Å². The van der Waals surface area contributed by atoms with Gasteiger partial charge in [-0.15, -0.1) is 6.58 Å². The monoisotopic (exact) mass is 571 g/mol. The highest BCUT2D eigenvalue weighted by molar-refractivity contribution is 8.18. The van der Waals surface area contributed by atoms with Gasteiger partial charge in [0.25, 0.3) is 11.1 Å². The van der Waals surface area contributed by atoms with Gasteiger partial charge in [-0.3, -0.25) is 19.3 Å². The normalized spacial score (nSPS) is 13.7. The Balaban J connectivity index is 1.56. The summed E-state index contributed by atoms with van der Waals surface area (Å²) in [5, 5.41) is 11.4. The number of benzene rings is 3. The molecule has 8 nitrogen and oxygen atoms in total. The van der Waals surface area contributed by atoms with Gasteiger partial charge in [0.05, 0.1) is 23.1 Å². The van der Waals surface area contributed by atoms with Gasteiger partial charge < -0.3 is 14.8 Å². The zero-order chi connectivity index (χ0) is 29.4. The summed E-state index contributed by atoms with van der Waals surface area (Å²) >= 11 is 0.727. The first-order valence-corrected chi connectivity index (χ1v) is 13.5. The van der Waals surface area contributed by atoms with Gasteiger partial charge in [-0.1, -0.05) is 24.3 Å². The zero-order valence-electron chi connectivity index (χ0n) is 22.2. The van der Waals surface area contributed by atoms with Gasteiger partial charge >= 0.3 is 0 Å². The summed E-state index contributed by atoms with van der Waals surface area (Å²) < 4.78 is 25.1. The van der Waals surface area contributed by atoms with E-state index in [-0.39, 0.29) is 11.5 Å². The number of rotatable bonds is 11. The second kappa shape index (κ2) is 13.5. The number of carbonyl (C=O) groups excluding carboxylic acids is 3. The number of thioether (sulfide) groups is 1. The number of carbonyl (C=O) groups is 3. The summed E-state index contributed by atoms with van der Waals surface area (Å²) in [4.78, 5) is 39.1. The number of ether oxygens (including phenoxy) is 2. The van der Waals surface area contributed by atoms with E-state index in [0.29, 0.717) is 41.3 Å². The lowest BCUT2D eigenvalue weighted by molar-refractivity contribution is -0.127. The number of allylic oxidation sites excluding steroid dienone is 1. The van der Waals surface area contributed by atoms with Gasteiger partial charge in [0, 0.05) is 16.8 Å². The highest BCUT2D eigenvalue weighted by Gasteiger charge is 2.36. The van der Waals surface area contributed by atoms with E-state index in [2.05, 4.69) is 18.0 Å². The maximum absolute atomic E-state index is 13.1. The molecule has 1 N–H and O–H groups in total. The Morgan fingerprint density at radius 3 is 2.59 bits per heavy atom. The average molecular weight is 572 g/mol. The van der Waals surface area contributed by atoms with Crippen molar-refractivity contribution in [2.45, 2.75) is 20.0 Å². The first kappa shape index (κ1) is 29.1. The van der Waals surface area contributed by atoms with Crippen molar-refractivity contribution >= 4 is 40.6 Å². The van der Waals surface area contributed by atoms with Crippen molar-refractivity contribution in [3.63, 3.8) is 0 Å². The van der Waals surface area contributed by atoms with Crippen molar-refractivity contribution in [1.82, 2.24) is 4.90 Å². The van der Waals surface area contributed by atoms with E-state index < -0.39 is 29.4 Å². The second-order valence-corrected chi connectivity index (χ2v) is 9.81. The van der Waals surface area contributed by atoms with Gasteiger partial charge in [-0.05, 0) is 79.2 Å². The summed E-state index contributed by atoms with van der Waals surface area (Å²) in [7, 11) is 0. The average Bonchev–Trinajstić information content (AvgIpc) is 3.21. The third-order valence-corrected chi connectivity index (χ3v) is 6.84. The smallest absolute Gasteiger partial charge is 0.294 e. The number of amides is 3. The summed E-state index contributed by atoms with van der Waals surface area (Å²) in [6.07, 6.45) is 3.70. The predicted octanol–water partition coefficient (Wildman–Crippen LogP) is 6.08. The molecule has 0 aliphatic carbocycles. The Bertz CT molecular complexity index is 1560. The molecule has 4 rings (SSSR count). The fourth-order valence-electron chi connectivity index (χ4n) is 4.07. The zero-order valence-corrected chi connectivity index (χ0v) is 23.0. The number of hydrogen-bond acceptors (Lipinski definition) is 7. The fraction of sp³-hybridized carbons (Fsp3) is 0.161. The van der Waals surface area contributed by atoms with Gasteiger partial charge in [-0.2, -0.15) is 5.26 Å². The van der Waals surface area contributed by atoms with Crippen LogP contribution in [0.5, 0.6) is 11.5 Å². The fourth-order valence-corrected chi connectivity index (χ4v) is 4.91. The Morgan fingerprint density at radius 1 is 1.12 bits per heavy atom. The van der Waals surface area contributed by atoms with E-state index in [9.17, 15) is 24.0 Å². The second-order valence-electron chi connectivity index (χ2n) is 8.81. The van der Waals surface area contributed by atoms with E-state index >= 15 is 0 Å². The van der Waals surface area contributed by atoms with Crippen molar-refractivity contribution in [1.29, 1.82) is 5.26 Å². The summed E-state index contributed by atoms with van der Waals surface area (Å²) in [5.41, 5.74) is 2.91. The molecule has 0 unspecified atom stereocenters. The molecule has 3 aromatic carbocycles. The molecule has 41 heavy (non-hydrogen) atoms. The molecular weight excluding hydrogens is 545 g/mol. The molecule has 1 aliphatic rings. The third-order valence-electron chi connectivity index (χ3n) is 5.93. The molecule has 0 aromatic heterocycles. The predicted molar refractivity (Wildman–Crippen MR) is 155 cm³/mol. The van der Waals surface area contributed by atoms with Gasteiger partial charge in [0.2, 0.25) is 5.91 Å². The van der Waals surface area contributed by atoms with Gasteiger partial charge in [-0.25, -0.2) is 4.39 Å². The molecular formula is C31H26FN3O5S. The van der Waals surface area contributed by atoms with Crippen molar-refractivity contribution in [3.8, 4) is 17.6 Å². The number of nitrogens with zero attached hydrogens (tertiary/aromatic N) is 2.